The minimum absolute atomic E-state index is 0.153. The molecule has 0 aromatic rings. The molecule has 0 radical (unpaired) electrons. The van der Waals surface area contributed by atoms with E-state index in [1.807, 2.05) is 11.8 Å². The van der Waals surface area contributed by atoms with Crippen LogP contribution in [0.4, 0.5) is 4.79 Å². The van der Waals surface area contributed by atoms with Crippen LogP contribution in [-0.2, 0) is 0 Å². The van der Waals surface area contributed by atoms with Crippen LogP contribution >= 0.6 is 0 Å². The van der Waals surface area contributed by atoms with Gasteiger partial charge in [0.05, 0.1) is 0 Å². The Labute approximate surface area is 70.3 Å². The predicted molar refractivity (Wildman–Crippen MR) is 42.5 cm³/mol. The van der Waals surface area contributed by atoms with Gasteiger partial charge in [-0.1, -0.05) is 11.8 Å². The lowest BCUT2D eigenvalue weighted by molar-refractivity contribution is 0.137. The van der Waals surface area contributed by atoms with Gasteiger partial charge in [-0.2, -0.15) is 0 Å². The fraction of sp³-hybridized carbons (Fsp3) is 0.286. The van der Waals surface area contributed by atoms with Gasteiger partial charge in [0.25, 0.3) is 0 Å². The second-order valence-corrected chi connectivity index (χ2v) is 1.01. The van der Waals surface area contributed by atoms with E-state index < -0.39 is 6.16 Å². The average molecular weight is 174 g/mol. The van der Waals surface area contributed by atoms with Crippen molar-refractivity contribution < 1.29 is 25.2 Å². The highest BCUT2D eigenvalue weighted by Gasteiger charge is 1.70. The number of aliphatic hydroxyl groups is 2. The van der Waals surface area contributed by atoms with Gasteiger partial charge < -0.3 is 20.4 Å². The first-order chi connectivity index (χ1) is 5.56. The maximum Gasteiger partial charge on any atom is 0.503 e. The highest BCUT2D eigenvalue weighted by atomic mass is 16.6. The molecular formula is C7H10O5. The minimum atomic E-state index is -1.83. The molecule has 0 aliphatic rings. The molecule has 68 valence electrons. The Morgan fingerprint density at radius 3 is 1.17 bits per heavy atom. The second-order valence-electron chi connectivity index (χ2n) is 1.01. The lowest BCUT2D eigenvalue weighted by atomic mass is 10.8. The van der Waals surface area contributed by atoms with E-state index in [0.29, 0.717) is 0 Å². The third-order valence-corrected chi connectivity index (χ3v) is 0.183. The molecule has 0 saturated heterocycles. The molecule has 5 heteroatoms. The van der Waals surface area contributed by atoms with Crippen molar-refractivity contribution in [3.05, 3.63) is 0 Å². The van der Waals surface area contributed by atoms with Crippen molar-refractivity contribution in [1.29, 1.82) is 0 Å². The number of aliphatic hydroxyl groups excluding tert-OH is 2. The molecule has 0 aromatic heterocycles. The van der Waals surface area contributed by atoms with Crippen LogP contribution in [0.3, 0.4) is 0 Å². The first-order valence-electron chi connectivity index (χ1n) is 2.57. The molecule has 12 heavy (non-hydrogen) atoms. The first kappa shape index (κ1) is 16.7. The summed E-state index contributed by atoms with van der Waals surface area (Å²) in [5, 5.41) is 29.2. The van der Waals surface area contributed by atoms with E-state index in [1.165, 1.54) is 0 Å². The van der Waals surface area contributed by atoms with E-state index in [0.717, 1.165) is 0 Å². The maximum absolute atomic E-state index is 8.56. The smallest absolute Gasteiger partial charge is 0.450 e. The largest absolute Gasteiger partial charge is 0.503 e. The van der Waals surface area contributed by atoms with Gasteiger partial charge in [-0.15, -0.1) is 12.8 Å². The van der Waals surface area contributed by atoms with Crippen LogP contribution in [0.15, 0.2) is 0 Å². The van der Waals surface area contributed by atoms with Crippen LogP contribution in [0.5, 0.6) is 0 Å². The quantitative estimate of drug-likeness (QED) is 0.369. The number of rotatable bonds is 0. The standard InChI is InChI=1S/2C3H4O.CH2O3/c2*1-2-3-4;2-1(3)4/h2*1,4H,3H2;(H2,2,3,4). The fourth-order valence-electron chi connectivity index (χ4n) is 0. The third kappa shape index (κ3) is 4620. The van der Waals surface area contributed by atoms with Crippen molar-refractivity contribution in [2.24, 2.45) is 0 Å². The topological polar surface area (TPSA) is 98.0 Å². The van der Waals surface area contributed by atoms with Crippen molar-refractivity contribution in [3.8, 4) is 24.7 Å². The molecule has 0 atom stereocenters. The van der Waals surface area contributed by atoms with Crippen molar-refractivity contribution in [1.82, 2.24) is 0 Å². The monoisotopic (exact) mass is 174 g/mol. The van der Waals surface area contributed by atoms with Gasteiger partial charge in [-0.25, -0.2) is 4.79 Å². The van der Waals surface area contributed by atoms with Gasteiger partial charge in [0.15, 0.2) is 0 Å². The highest BCUT2D eigenvalue weighted by molar-refractivity contribution is 5.53. The van der Waals surface area contributed by atoms with Crippen molar-refractivity contribution in [3.63, 3.8) is 0 Å². The summed E-state index contributed by atoms with van der Waals surface area (Å²) < 4.78 is 0. The Kier molecular flexibility index (Phi) is 31.8. The lowest BCUT2D eigenvalue weighted by Gasteiger charge is -1.60. The molecule has 0 bridgehead atoms. The van der Waals surface area contributed by atoms with E-state index in [2.05, 4.69) is 12.8 Å². The van der Waals surface area contributed by atoms with E-state index >= 15 is 0 Å². The molecule has 0 spiro atoms. The molecule has 0 rings (SSSR count). The SMILES string of the molecule is C#CCO.C#CCO.O=C(O)O. The van der Waals surface area contributed by atoms with Crippen molar-refractivity contribution in [2.45, 2.75) is 0 Å². The summed E-state index contributed by atoms with van der Waals surface area (Å²) in [5.41, 5.74) is 0. The Balaban J connectivity index is -0.000000101. The molecule has 0 unspecified atom stereocenters. The van der Waals surface area contributed by atoms with Crippen LogP contribution in [0.1, 0.15) is 0 Å². The van der Waals surface area contributed by atoms with E-state index in [-0.39, 0.29) is 13.2 Å². The summed E-state index contributed by atoms with van der Waals surface area (Å²) >= 11 is 0. The summed E-state index contributed by atoms with van der Waals surface area (Å²) in [4.78, 5) is 8.56. The summed E-state index contributed by atoms with van der Waals surface area (Å²) in [6.45, 7) is -0.306. The van der Waals surface area contributed by atoms with Crippen molar-refractivity contribution >= 4 is 6.16 Å². The van der Waals surface area contributed by atoms with Crippen LogP contribution in [0, 0.1) is 24.7 Å². The Bertz CT molecular complexity index is 144. The zero-order chi connectivity index (χ0) is 10.4. The molecule has 0 heterocycles. The van der Waals surface area contributed by atoms with Gasteiger partial charge in [-0.05, 0) is 0 Å². The van der Waals surface area contributed by atoms with Crippen LogP contribution in [-0.4, -0.2) is 39.8 Å². The summed E-state index contributed by atoms with van der Waals surface area (Å²) in [6, 6.07) is 0. The average Bonchev–Trinajstić information content (AvgIpc) is 2.03. The maximum atomic E-state index is 8.56. The van der Waals surface area contributed by atoms with E-state index in [9.17, 15) is 0 Å². The molecule has 5 nitrogen and oxygen atoms in total. The third-order valence-electron chi connectivity index (χ3n) is 0.183. The van der Waals surface area contributed by atoms with Crippen molar-refractivity contribution in [2.75, 3.05) is 13.2 Å². The van der Waals surface area contributed by atoms with Gasteiger partial charge in [0.1, 0.15) is 13.2 Å². The Morgan fingerprint density at radius 2 is 1.17 bits per heavy atom. The number of hydrogen-bond acceptors (Lipinski definition) is 3. The zero-order valence-electron chi connectivity index (χ0n) is 6.27. The van der Waals surface area contributed by atoms with E-state index in [4.69, 9.17) is 25.2 Å². The second kappa shape index (κ2) is 22.8. The highest BCUT2D eigenvalue weighted by Crippen LogP contribution is 1.42. The number of hydrogen-bond donors (Lipinski definition) is 4. The van der Waals surface area contributed by atoms with Gasteiger partial charge in [0.2, 0.25) is 0 Å². The van der Waals surface area contributed by atoms with Gasteiger partial charge in [-0.3, -0.25) is 0 Å². The van der Waals surface area contributed by atoms with Crippen LogP contribution in [0.2, 0.25) is 0 Å². The molecule has 0 aromatic carbocycles. The molecule has 0 aliphatic carbocycles. The molecule has 0 aliphatic heterocycles. The van der Waals surface area contributed by atoms with Crippen LogP contribution < -0.4 is 0 Å². The fourth-order valence-corrected chi connectivity index (χ4v) is 0. The minimum Gasteiger partial charge on any atom is -0.450 e. The van der Waals surface area contributed by atoms with Gasteiger partial charge >= 0.3 is 6.16 Å². The normalized spacial score (nSPS) is 5.33. The van der Waals surface area contributed by atoms with Crippen LogP contribution in [0.25, 0.3) is 0 Å². The lowest BCUT2D eigenvalue weighted by Crippen LogP contribution is -1.81. The first-order valence-corrected chi connectivity index (χ1v) is 2.57. The molecule has 0 saturated carbocycles. The molecule has 0 amide bonds. The molecule has 0 fully saturated rings. The number of carbonyl (C=O) groups is 1. The van der Waals surface area contributed by atoms with E-state index in [1.54, 1.807) is 0 Å². The Hall–Kier alpha value is -1.69. The molecular weight excluding hydrogens is 164 g/mol. The summed E-state index contributed by atoms with van der Waals surface area (Å²) in [5.74, 6) is 3.97. The number of carboxylic acid groups (broad SMARTS) is 2. The molecule has 4 N–H and O–H groups in total. The number of terminal acetylenes is 2. The summed E-state index contributed by atoms with van der Waals surface area (Å²) in [6.07, 6.45) is 7.22. The Morgan fingerprint density at radius 1 is 1.08 bits per heavy atom. The van der Waals surface area contributed by atoms with Gasteiger partial charge in [0, 0.05) is 0 Å². The predicted octanol–water partition coefficient (Wildman–Crippen LogP) is -0.554. The zero-order valence-corrected chi connectivity index (χ0v) is 6.27. The summed E-state index contributed by atoms with van der Waals surface area (Å²) in [7, 11) is 0.